The van der Waals surface area contributed by atoms with Gasteiger partial charge in [0, 0.05) is 23.6 Å². The number of carbonyl (C=O) groups excluding carboxylic acids is 1. The van der Waals surface area contributed by atoms with E-state index in [2.05, 4.69) is 5.32 Å². The maximum Gasteiger partial charge on any atom is 0.240 e. The monoisotopic (exact) mass is 446 g/mol. The number of aryl methyl sites for hydroxylation is 2. The number of amides is 1. The lowest BCUT2D eigenvalue weighted by Crippen LogP contribution is -2.26. The summed E-state index contributed by atoms with van der Waals surface area (Å²) in [4.78, 5) is 12.9. The Morgan fingerprint density at radius 3 is 2.34 bits per heavy atom. The molecule has 1 N–H and O–H groups in total. The third-order valence-corrected chi connectivity index (χ3v) is 7.30. The molecule has 4 aromatic rings. The van der Waals surface area contributed by atoms with Gasteiger partial charge in [0.2, 0.25) is 5.91 Å². The molecule has 4 rings (SSSR count). The van der Waals surface area contributed by atoms with E-state index in [4.69, 9.17) is 0 Å². The molecule has 0 atom stereocenters. The van der Waals surface area contributed by atoms with Gasteiger partial charge in [-0.15, -0.1) is 0 Å². The molecule has 1 amide bonds. The molecule has 0 spiro atoms. The van der Waals surface area contributed by atoms with Gasteiger partial charge >= 0.3 is 0 Å². The second kappa shape index (κ2) is 9.01. The number of nitrogens with zero attached hydrogens (tertiary/aromatic N) is 1. The van der Waals surface area contributed by atoms with E-state index >= 15 is 0 Å². The van der Waals surface area contributed by atoms with Crippen molar-refractivity contribution in [3.63, 3.8) is 0 Å². The molecular formula is C26H26N2O3S. The number of carbonyl (C=O) groups is 1. The second-order valence-electron chi connectivity index (χ2n) is 8.09. The lowest BCUT2D eigenvalue weighted by molar-refractivity contribution is -0.121. The predicted octanol–water partition coefficient (Wildman–Crippen LogP) is 4.55. The number of aromatic nitrogens is 1. The number of para-hydroxylation sites is 1. The molecule has 6 heteroatoms. The highest BCUT2D eigenvalue weighted by Crippen LogP contribution is 2.28. The van der Waals surface area contributed by atoms with Gasteiger partial charge in [-0.2, -0.15) is 0 Å². The van der Waals surface area contributed by atoms with Crippen LogP contribution in [0.25, 0.3) is 10.9 Å². The number of nitrogens with one attached hydrogen (secondary N) is 1. The zero-order valence-corrected chi connectivity index (χ0v) is 19.0. The fourth-order valence-corrected chi connectivity index (χ4v) is 5.45. The highest BCUT2D eigenvalue weighted by atomic mass is 32.2. The topological polar surface area (TPSA) is 68.2 Å². The minimum Gasteiger partial charge on any atom is -0.350 e. The molecular weight excluding hydrogens is 420 g/mol. The number of rotatable bonds is 7. The van der Waals surface area contributed by atoms with Crippen molar-refractivity contribution < 1.29 is 13.2 Å². The SMILES string of the molecule is Cc1ccc(CNC(=O)Cn2cc(S(=O)(=O)Cc3ccccc3C)c3ccccc32)cc1. The molecule has 0 bridgehead atoms. The Balaban J connectivity index is 1.58. The fraction of sp³-hybridized carbons (Fsp3) is 0.192. The fourth-order valence-electron chi connectivity index (χ4n) is 3.76. The van der Waals surface area contributed by atoms with Crippen molar-refractivity contribution in [3.05, 3.63) is 101 Å². The van der Waals surface area contributed by atoms with Crippen LogP contribution in [0.4, 0.5) is 0 Å². The molecule has 0 aliphatic heterocycles. The van der Waals surface area contributed by atoms with Crippen LogP contribution in [0.15, 0.2) is 83.9 Å². The van der Waals surface area contributed by atoms with Crippen LogP contribution in [0, 0.1) is 13.8 Å². The quantitative estimate of drug-likeness (QED) is 0.453. The normalized spacial score (nSPS) is 11.6. The third-order valence-electron chi connectivity index (χ3n) is 5.62. The lowest BCUT2D eigenvalue weighted by atomic mass is 10.1. The zero-order chi connectivity index (χ0) is 22.7. The molecule has 164 valence electrons. The van der Waals surface area contributed by atoms with E-state index < -0.39 is 9.84 Å². The van der Waals surface area contributed by atoms with Crippen molar-refractivity contribution >= 4 is 26.6 Å². The molecule has 0 unspecified atom stereocenters. The van der Waals surface area contributed by atoms with E-state index in [-0.39, 0.29) is 23.1 Å². The first-order chi connectivity index (χ1) is 15.3. The number of fused-ring (bicyclic) bond motifs is 1. The Labute approximate surface area is 188 Å². The standard InChI is InChI=1S/C26H26N2O3S/c1-19-11-13-21(14-12-19)15-27-26(29)17-28-16-25(23-9-5-6-10-24(23)28)32(30,31)18-22-8-4-3-7-20(22)2/h3-14,16H,15,17-18H2,1-2H3,(H,27,29). The van der Waals surface area contributed by atoms with Crippen molar-refractivity contribution in [2.24, 2.45) is 0 Å². The van der Waals surface area contributed by atoms with Crippen LogP contribution >= 0.6 is 0 Å². The summed E-state index contributed by atoms with van der Waals surface area (Å²) in [5.74, 6) is -0.248. The Morgan fingerprint density at radius 2 is 1.59 bits per heavy atom. The minimum absolute atomic E-state index is 0.0479. The first-order valence-corrected chi connectivity index (χ1v) is 12.2. The Hall–Kier alpha value is -3.38. The zero-order valence-electron chi connectivity index (χ0n) is 18.2. The van der Waals surface area contributed by atoms with Crippen LogP contribution in [0.1, 0.15) is 22.3 Å². The van der Waals surface area contributed by atoms with E-state index in [0.29, 0.717) is 11.9 Å². The van der Waals surface area contributed by atoms with Crippen molar-refractivity contribution in [1.82, 2.24) is 9.88 Å². The van der Waals surface area contributed by atoms with Crippen LogP contribution in [-0.2, 0) is 33.5 Å². The molecule has 0 aliphatic rings. The number of hydrogen-bond acceptors (Lipinski definition) is 3. The van der Waals surface area contributed by atoms with E-state index in [1.165, 1.54) is 5.56 Å². The van der Waals surface area contributed by atoms with E-state index in [0.717, 1.165) is 22.2 Å². The van der Waals surface area contributed by atoms with Gasteiger partial charge in [-0.05, 0) is 36.6 Å². The summed E-state index contributed by atoms with van der Waals surface area (Å²) in [5.41, 5.74) is 4.62. The summed E-state index contributed by atoms with van der Waals surface area (Å²) >= 11 is 0. The molecule has 0 radical (unpaired) electrons. The van der Waals surface area contributed by atoms with Crippen molar-refractivity contribution in [2.45, 2.75) is 37.6 Å². The van der Waals surface area contributed by atoms with Crippen LogP contribution in [0.3, 0.4) is 0 Å². The predicted molar refractivity (Wildman–Crippen MR) is 127 cm³/mol. The minimum atomic E-state index is -3.59. The van der Waals surface area contributed by atoms with E-state index in [1.54, 1.807) is 16.8 Å². The molecule has 1 heterocycles. The Bertz CT molecular complexity index is 1370. The molecule has 3 aromatic carbocycles. The molecule has 5 nitrogen and oxygen atoms in total. The second-order valence-corrected chi connectivity index (χ2v) is 10.0. The first kappa shape index (κ1) is 21.8. The van der Waals surface area contributed by atoms with Crippen molar-refractivity contribution in [2.75, 3.05) is 0 Å². The molecule has 0 saturated heterocycles. The number of hydrogen-bond donors (Lipinski definition) is 1. The molecule has 0 fully saturated rings. The van der Waals surface area contributed by atoms with Crippen LogP contribution in [0.2, 0.25) is 0 Å². The average Bonchev–Trinajstić information content (AvgIpc) is 3.14. The summed E-state index contributed by atoms with van der Waals surface area (Å²) in [6, 6.07) is 22.8. The Morgan fingerprint density at radius 1 is 0.906 bits per heavy atom. The first-order valence-electron chi connectivity index (χ1n) is 10.5. The van der Waals surface area contributed by atoms with Gasteiger partial charge in [0.25, 0.3) is 0 Å². The molecule has 0 saturated carbocycles. The maximum atomic E-state index is 13.3. The Kier molecular flexibility index (Phi) is 6.15. The van der Waals surface area contributed by atoms with Crippen molar-refractivity contribution in [3.8, 4) is 0 Å². The van der Waals surface area contributed by atoms with Gasteiger partial charge in [0.15, 0.2) is 9.84 Å². The van der Waals surface area contributed by atoms with Gasteiger partial charge in [-0.25, -0.2) is 8.42 Å². The van der Waals surface area contributed by atoms with Gasteiger partial charge < -0.3 is 9.88 Å². The van der Waals surface area contributed by atoms with Gasteiger partial charge in [0.1, 0.15) is 6.54 Å². The van der Waals surface area contributed by atoms with Crippen LogP contribution < -0.4 is 5.32 Å². The molecule has 0 aliphatic carbocycles. The largest absolute Gasteiger partial charge is 0.350 e. The summed E-state index contributed by atoms with van der Waals surface area (Å²) in [6.07, 6.45) is 1.59. The average molecular weight is 447 g/mol. The van der Waals surface area contributed by atoms with E-state index in [1.807, 2.05) is 80.6 Å². The van der Waals surface area contributed by atoms with E-state index in [9.17, 15) is 13.2 Å². The number of sulfone groups is 1. The number of benzene rings is 3. The summed E-state index contributed by atoms with van der Waals surface area (Å²) < 4.78 is 28.3. The smallest absolute Gasteiger partial charge is 0.240 e. The highest BCUT2D eigenvalue weighted by molar-refractivity contribution is 7.90. The van der Waals surface area contributed by atoms with Crippen molar-refractivity contribution in [1.29, 1.82) is 0 Å². The third kappa shape index (κ3) is 4.75. The summed E-state index contributed by atoms with van der Waals surface area (Å²) in [6.45, 7) is 4.40. The summed E-state index contributed by atoms with van der Waals surface area (Å²) in [7, 11) is -3.59. The van der Waals surface area contributed by atoms with Crippen LogP contribution in [0.5, 0.6) is 0 Å². The lowest BCUT2D eigenvalue weighted by Gasteiger charge is -2.08. The van der Waals surface area contributed by atoms with Gasteiger partial charge in [-0.3, -0.25) is 4.79 Å². The highest BCUT2D eigenvalue weighted by Gasteiger charge is 2.23. The summed E-state index contributed by atoms with van der Waals surface area (Å²) in [5, 5.41) is 3.55. The molecule has 1 aromatic heterocycles. The maximum absolute atomic E-state index is 13.3. The van der Waals surface area contributed by atoms with Gasteiger partial charge in [-0.1, -0.05) is 72.3 Å². The molecule has 32 heavy (non-hydrogen) atoms. The van der Waals surface area contributed by atoms with Crippen LogP contribution in [-0.4, -0.2) is 18.9 Å². The van der Waals surface area contributed by atoms with Gasteiger partial charge in [0.05, 0.1) is 10.6 Å².